The molecule has 0 atom stereocenters. The van der Waals surface area contributed by atoms with Crippen LogP contribution in [0.3, 0.4) is 0 Å². The lowest BCUT2D eigenvalue weighted by Crippen LogP contribution is -1.89. The lowest BCUT2D eigenvalue weighted by atomic mass is 10.2. The molecule has 1 aromatic heterocycles. The van der Waals surface area contributed by atoms with E-state index in [0.29, 0.717) is 11.3 Å². The predicted molar refractivity (Wildman–Crippen MR) is 63.9 cm³/mol. The second-order valence-corrected chi connectivity index (χ2v) is 4.20. The van der Waals surface area contributed by atoms with Crippen molar-refractivity contribution >= 4 is 17.4 Å². The Bertz CT molecular complexity index is 532. The molecule has 0 aliphatic carbocycles. The van der Waals surface area contributed by atoms with Crippen molar-refractivity contribution in [3.05, 3.63) is 48.2 Å². The summed E-state index contributed by atoms with van der Waals surface area (Å²) in [4.78, 5) is 5.05. The Morgan fingerprint density at radius 3 is 2.81 bits per heavy atom. The van der Waals surface area contributed by atoms with Gasteiger partial charge in [-0.25, -0.2) is 4.98 Å². The molecule has 0 radical (unpaired) electrons. The zero-order chi connectivity index (χ0) is 11.4. The Labute approximate surface area is 97.9 Å². The van der Waals surface area contributed by atoms with E-state index in [1.807, 2.05) is 18.2 Å². The van der Waals surface area contributed by atoms with Gasteiger partial charge in [0.05, 0.1) is 11.6 Å². The summed E-state index contributed by atoms with van der Waals surface area (Å²) < 4.78 is 0. The van der Waals surface area contributed by atoms with Gasteiger partial charge >= 0.3 is 0 Å². The fourth-order valence-corrected chi connectivity index (χ4v) is 2.07. The first-order valence-electron chi connectivity index (χ1n) is 4.68. The molecule has 0 fully saturated rings. The second kappa shape index (κ2) is 4.69. The van der Waals surface area contributed by atoms with Crippen LogP contribution < -0.4 is 5.73 Å². The predicted octanol–water partition coefficient (Wildman–Crippen LogP) is 2.69. The third kappa shape index (κ3) is 2.33. The minimum atomic E-state index is 0.604. The molecule has 0 unspecified atom stereocenters. The number of hydrogen-bond donors (Lipinski definition) is 1. The summed E-state index contributed by atoms with van der Waals surface area (Å²) in [5, 5.41) is 9.67. The monoisotopic (exact) mass is 227 g/mol. The van der Waals surface area contributed by atoms with E-state index in [0.717, 1.165) is 9.92 Å². The van der Waals surface area contributed by atoms with Gasteiger partial charge in [0.25, 0.3) is 0 Å². The molecule has 2 aromatic rings. The van der Waals surface area contributed by atoms with Crippen LogP contribution in [0, 0.1) is 11.3 Å². The molecule has 2 rings (SSSR count). The van der Waals surface area contributed by atoms with E-state index in [9.17, 15) is 0 Å². The normalized spacial score (nSPS) is 9.69. The minimum Gasteiger partial charge on any atom is -0.398 e. The van der Waals surface area contributed by atoms with Gasteiger partial charge in [-0.2, -0.15) is 5.26 Å². The summed E-state index contributed by atoms with van der Waals surface area (Å²) in [5.41, 5.74) is 7.10. The molecule has 0 amide bonds. The average Bonchev–Trinajstić information content (AvgIpc) is 2.33. The Balaban J connectivity index is 2.31. The van der Waals surface area contributed by atoms with Crippen LogP contribution >= 0.6 is 11.8 Å². The Morgan fingerprint density at radius 2 is 2.12 bits per heavy atom. The lowest BCUT2D eigenvalue weighted by molar-refractivity contribution is 1.13. The Kier molecular flexibility index (Phi) is 3.08. The molecule has 1 aromatic carbocycles. The van der Waals surface area contributed by atoms with Crippen molar-refractivity contribution in [2.75, 3.05) is 5.73 Å². The van der Waals surface area contributed by atoms with Crippen LogP contribution in [-0.2, 0) is 0 Å². The molecule has 78 valence electrons. The van der Waals surface area contributed by atoms with E-state index in [4.69, 9.17) is 11.0 Å². The fraction of sp³-hybridized carbons (Fsp3) is 0. The van der Waals surface area contributed by atoms with E-state index in [2.05, 4.69) is 11.1 Å². The Hall–Kier alpha value is -1.99. The van der Waals surface area contributed by atoms with Gasteiger partial charge < -0.3 is 5.73 Å². The molecule has 0 spiro atoms. The van der Waals surface area contributed by atoms with Crippen molar-refractivity contribution in [3.63, 3.8) is 0 Å². The summed E-state index contributed by atoms with van der Waals surface area (Å²) in [6.45, 7) is 0. The van der Waals surface area contributed by atoms with Gasteiger partial charge in [-0.05, 0) is 30.3 Å². The van der Waals surface area contributed by atoms with Crippen LogP contribution in [0.15, 0.2) is 52.5 Å². The topological polar surface area (TPSA) is 62.7 Å². The molecule has 4 heteroatoms. The number of benzene rings is 1. The average molecular weight is 227 g/mol. The maximum absolute atomic E-state index is 8.80. The van der Waals surface area contributed by atoms with Crippen LogP contribution in [0.5, 0.6) is 0 Å². The molecule has 0 saturated carbocycles. The van der Waals surface area contributed by atoms with Gasteiger partial charge in [0.1, 0.15) is 5.03 Å². The van der Waals surface area contributed by atoms with E-state index in [1.165, 1.54) is 11.8 Å². The van der Waals surface area contributed by atoms with Crippen molar-refractivity contribution in [2.24, 2.45) is 0 Å². The summed E-state index contributed by atoms with van der Waals surface area (Å²) in [6.07, 6.45) is 1.73. The fourth-order valence-electron chi connectivity index (χ4n) is 1.21. The van der Waals surface area contributed by atoms with Crippen molar-refractivity contribution in [1.29, 1.82) is 5.26 Å². The molecule has 2 N–H and O–H groups in total. The highest BCUT2D eigenvalue weighted by Gasteiger charge is 2.03. The van der Waals surface area contributed by atoms with E-state index < -0.39 is 0 Å². The first-order valence-corrected chi connectivity index (χ1v) is 5.50. The van der Waals surface area contributed by atoms with Crippen molar-refractivity contribution in [2.45, 2.75) is 9.92 Å². The highest BCUT2D eigenvalue weighted by molar-refractivity contribution is 7.99. The molecule has 0 aliphatic heterocycles. The van der Waals surface area contributed by atoms with Crippen LogP contribution in [0.4, 0.5) is 5.69 Å². The van der Waals surface area contributed by atoms with E-state index in [-0.39, 0.29) is 0 Å². The highest BCUT2D eigenvalue weighted by Crippen LogP contribution is 2.31. The summed E-state index contributed by atoms with van der Waals surface area (Å²) >= 11 is 1.46. The number of nitrogens with two attached hydrogens (primary N) is 1. The summed E-state index contributed by atoms with van der Waals surface area (Å²) in [7, 11) is 0. The van der Waals surface area contributed by atoms with Crippen molar-refractivity contribution in [1.82, 2.24) is 4.98 Å². The second-order valence-electron chi connectivity index (χ2n) is 3.13. The van der Waals surface area contributed by atoms with Crippen molar-refractivity contribution in [3.8, 4) is 6.07 Å². The number of nitriles is 1. The number of hydrogen-bond acceptors (Lipinski definition) is 4. The van der Waals surface area contributed by atoms with Crippen LogP contribution in [0.2, 0.25) is 0 Å². The third-order valence-electron chi connectivity index (χ3n) is 1.99. The van der Waals surface area contributed by atoms with Crippen LogP contribution in [0.1, 0.15) is 5.56 Å². The largest absolute Gasteiger partial charge is 0.398 e. The molecule has 16 heavy (non-hydrogen) atoms. The molecule has 0 aliphatic rings. The molecule has 3 nitrogen and oxygen atoms in total. The Morgan fingerprint density at radius 1 is 1.25 bits per heavy atom. The smallest absolute Gasteiger partial charge is 0.101 e. The van der Waals surface area contributed by atoms with Crippen LogP contribution in [0.25, 0.3) is 0 Å². The third-order valence-corrected chi connectivity index (χ3v) is 3.02. The zero-order valence-electron chi connectivity index (χ0n) is 8.42. The lowest BCUT2D eigenvalue weighted by Gasteiger charge is -2.04. The number of nitrogens with zero attached hydrogens (tertiary/aromatic N) is 2. The maximum atomic E-state index is 8.80. The number of nitrogen functional groups attached to an aromatic ring is 1. The number of anilines is 1. The van der Waals surface area contributed by atoms with Gasteiger partial charge in [-0.1, -0.05) is 17.8 Å². The maximum Gasteiger partial charge on any atom is 0.101 e. The molecule has 1 heterocycles. The first kappa shape index (κ1) is 10.5. The standard InChI is InChI=1S/C12H9N3S/c13-8-9-4-5-10(14)11(7-9)16-12-3-1-2-6-15-12/h1-7H,14H2. The molecular weight excluding hydrogens is 218 g/mol. The molecule has 0 bridgehead atoms. The van der Waals surface area contributed by atoms with Gasteiger partial charge in [0.15, 0.2) is 0 Å². The van der Waals surface area contributed by atoms with Gasteiger partial charge in [-0.15, -0.1) is 0 Å². The SMILES string of the molecule is N#Cc1ccc(N)c(Sc2ccccn2)c1. The highest BCUT2D eigenvalue weighted by atomic mass is 32.2. The van der Waals surface area contributed by atoms with E-state index >= 15 is 0 Å². The number of aromatic nitrogens is 1. The number of rotatable bonds is 2. The zero-order valence-corrected chi connectivity index (χ0v) is 9.24. The summed E-state index contributed by atoms with van der Waals surface area (Å²) in [6, 6.07) is 13.0. The van der Waals surface area contributed by atoms with Gasteiger partial charge in [0.2, 0.25) is 0 Å². The molecule has 0 saturated heterocycles. The van der Waals surface area contributed by atoms with Crippen molar-refractivity contribution < 1.29 is 0 Å². The number of pyridine rings is 1. The molecular formula is C12H9N3S. The van der Waals surface area contributed by atoms with E-state index in [1.54, 1.807) is 24.4 Å². The first-order chi connectivity index (χ1) is 7.79. The van der Waals surface area contributed by atoms with Gasteiger partial charge in [-0.3, -0.25) is 0 Å². The summed E-state index contributed by atoms with van der Waals surface area (Å²) in [5.74, 6) is 0. The quantitative estimate of drug-likeness (QED) is 0.801. The van der Waals surface area contributed by atoms with Crippen LogP contribution in [-0.4, -0.2) is 4.98 Å². The van der Waals surface area contributed by atoms with Gasteiger partial charge in [0, 0.05) is 16.8 Å². The minimum absolute atomic E-state index is 0.604.